The molecule has 0 spiro atoms. The Labute approximate surface area is 83.0 Å². The first-order valence-electron chi connectivity index (χ1n) is 4.34. The molecule has 0 aromatic carbocycles. The van der Waals surface area contributed by atoms with Gasteiger partial charge in [0, 0.05) is 6.54 Å². The monoisotopic (exact) mass is 200 g/mol. The minimum absolute atomic E-state index is 0.352. The average Bonchev–Trinajstić information content (AvgIpc) is 2.47. The van der Waals surface area contributed by atoms with Gasteiger partial charge in [-0.25, -0.2) is 4.98 Å². The molecule has 1 aromatic rings. The van der Waals surface area contributed by atoms with E-state index in [-0.39, 0.29) is 6.10 Å². The standard InChI is InChI=1S/C9H16N2OS/c1-7-9(13-6-10-7)8(12)4-5-11(2)3/h6,8,12H,4-5H2,1-3H3. The molecule has 1 unspecified atom stereocenters. The third kappa shape index (κ3) is 3.06. The van der Waals surface area contributed by atoms with Crippen LogP contribution in [0.4, 0.5) is 0 Å². The van der Waals surface area contributed by atoms with E-state index in [0.717, 1.165) is 23.5 Å². The van der Waals surface area contributed by atoms with Crippen molar-refractivity contribution in [1.29, 1.82) is 0 Å². The van der Waals surface area contributed by atoms with Gasteiger partial charge in [-0.15, -0.1) is 11.3 Å². The second-order valence-electron chi connectivity index (χ2n) is 3.41. The number of hydrogen-bond acceptors (Lipinski definition) is 4. The number of thiazole rings is 1. The molecule has 1 atom stereocenters. The third-order valence-corrected chi connectivity index (χ3v) is 2.97. The van der Waals surface area contributed by atoms with Crippen LogP contribution in [0.15, 0.2) is 5.51 Å². The van der Waals surface area contributed by atoms with Gasteiger partial charge in [-0.3, -0.25) is 0 Å². The van der Waals surface area contributed by atoms with E-state index >= 15 is 0 Å². The maximum atomic E-state index is 9.78. The minimum Gasteiger partial charge on any atom is -0.387 e. The number of rotatable bonds is 4. The van der Waals surface area contributed by atoms with Crippen LogP contribution in [0, 0.1) is 6.92 Å². The summed E-state index contributed by atoms with van der Waals surface area (Å²) >= 11 is 1.53. The molecule has 1 rings (SSSR count). The van der Waals surface area contributed by atoms with Crippen LogP contribution in [0.5, 0.6) is 0 Å². The lowest BCUT2D eigenvalue weighted by molar-refractivity contribution is 0.157. The lowest BCUT2D eigenvalue weighted by Crippen LogP contribution is -2.15. The fourth-order valence-corrected chi connectivity index (χ4v) is 1.96. The van der Waals surface area contributed by atoms with E-state index in [0.29, 0.717) is 0 Å². The average molecular weight is 200 g/mol. The highest BCUT2D eigenvalue weighted by atomic mass is 32.1. The molecule has 1 heterocycles. The van der Waals surface area contributed by atoms with Crippen molar-refractivity contribution in [3.63, 3.8) is 0 Å². The van der Waals surface area contributed by atoms with E-state index in [1.54, 1.807) is 5.51 Å². The van der Waals surface area contributed by atoms with Crippen molar-refractivity contribution in [1.82, 2.24) is 9.88 Å². The Hall–Kier alpha value is -0.450. The maximum Gasteiger partial charge on any atom is 0.0912 e. The van der Waals surface area contributed by atoms with Crippen LogP contribution >= 0.6 is 11.3 Å². The predicted octanol–water partition coefficient (Wildman–Crippen LogP) is 1.44. The molecule has 4 heteroatoms. The lowest BCUT2D eigenvalue weighted by atomic mass is 10.2. The molecule has 0 aliphatic heterocycles. The van der Waals surface area contributed by atoms with Crippen molar-refractivity contribution >= 4 is 11.3 Å². The molecule has 3 nitrogen and oxygen atoms in total. The molecule has 0 fully saturated rings. The number of aromatic nitrogens is 1. The summed E-state index contributed by atoms with van der Waals surface area (Å²) < 4.78 is 0. The van der Waals surface area contributed by atoms with E-state index < -0.39 is 0 Å². The Balaban J connectivity index is 2.49. The summed E-state index contributed by atoms with van der Waals surface area (Å²) in [6, 6.07) is 0. The van der Waals surface area contributed by atoms with Crippen molar-refractivity contribution in [2.45, 2.75) is 19.4 Å². The van der Waals surface area contributed by atoms with Crippen LogP contribution < -0.4 is 0 Å². The van der Waals surface area contributed by atoms with Crippen LogP contribution in [0.3, 0.4) is 0 Å². The van der Waals surface area contributed by atoms with Gasteiger partial charge in [0.2, 0.25) is 0 Å². The van der Waals surface area contributed by atoms with Crippen LogP contribution in [-0.4, -0.2) is 35.6 Å². The fraction of sp³-hybridized carbons (Fsp3) is 0.667. The van der Waals surface area contributed by atoms with E-state index in [2.05, 4.69) is 9.88 Å². The molecule has 0 aliphatic rings. The van der Waals surface area contributed by atoms with Crippen molar-refractivity contribution < 1.29 is 5.11 Å². The predicted molar refractivity (Wildman–Crippen MR) is 55.0 cm³/mol. The maximum absolute atomic E-state index is 9.78. The Morgan fingerprint density at radius 1 is 1.62 bits per heavy atom. The number of nitrogens with zero attached hydrogens (tertiary/aromatic N) is 2. The van der Waals surface area contributed by atoms with Gasteiger partial charge in [0.25, 0.3) is 0 Å². The highest BCUT2D eigenvalue weighted by molar-refractivity contribution is 7.09. The van der Waals surface area contributed by atoms with E-state index in [9.17, 15) is 5.11 Å². The molecule has 0 amide bonds. The molecule has 0 saturated carbocycles. The second kappa shape index (κ2) is 4.69. The molecule has 0 saturated heterocycles. The summed E-state index contributed by atoms with van der Waals surface area (Å²) in [4.78, 5) is 7.18. The summed E-state index contributed by atoms with van der Waals surface area (Å²) in [5, 5.41) is 9.78. The first-order chi connectivity index (χ1) is 6.11. The van der Waals surface area contributed by atoms with E-state index in [1.807, 2.05) is 21.0 Å². The molecule has 1 aromatic heterocycles. The smallest absolute Gasteiger partial charge is 0.0912 e. The topological polar surface area (TPSA) is 36.4 Å². The van der Waals surface area contributed by atoms with Gasteiger partial charge in [0.05, 0.1) is 22.2 Å². The molecule has 13 heavy (non-hydrogen) atoms. The second-order valence-corrected chi connectivity index (χ2v) is 4.30. The molecule has 0 radical (unpaired) electrons. The van der Waals surface area contributed by atoms with Gasteiger partial charge in [-0.2, -0.15) is 0 Å². The highest BCUT2D eigenvalue weighted by Gasteiger charge is 2.12. The first-order valence-corrected chi connectivity index (χ1v) is 5.22. The van der Waals surface area contributed by atoms with Crippen molar-refractivity contribution in [3.8, 4) is 0 Å². The minimum atomic E-state index is -0.352. The number of aliphatic hydroxyl groups is 1. The highest BCUT2D eigenvalue weighted by Crippen LogP contribution is 2.23. The summed E-state index contributed by atoms with van der Waals surface area (Å²) in [7, 11) is 4.01. The normalized spacial score (nSPS) is 13.6. The van der Waals surface area contributed by atoms with Gasteiger partial charge in [0.1, 0.15) is 0 Å². The molecule has 0 bridgehead atoms. The van der Waals surface area contributed by atoms with Gasteiger partial charge in [0.15, 0.2) is 0 Å². The van der Waals surface area contributed by atoms with Crippen molar-refractivity contribution in [2.75, 3.05) is 20.6 Å². The Bertz CT molecular complexity index is 260. The van der Waals surface area contributed by atoms with Crippen LogP contribution in [0.2, 0.25) is 0 Å². The van der Waals surface area contributed by atoms with Crippen LogP contribution in [0.25, 0.3) is 0 Å². The van der Waals surface area contributed by atoms with Crippen molar-refractivity contribution in [2.24, 2.45) is 0 Å². The summed E-state index contributed by atoms with van der Waals surface area (Å²) in [6.45, 7) is 2.84. The summed E-state index contributed by atoms with van der Waals surface area (Å²) in [5.74, 6) is 0. The lowest BCUT2D eigenvalue weighted by Gasteiger charge is -2.13. The van der Waals surface area contributed by atoms with E-state index in [4.69, 9.17) is 0 Å². The Morgan fingerprint density at radius 3 is 2.77 bits per heavy atom. The Morgan fingerprint density at radius 2 is 2.31 bits per heavy atom. The molecular weight excluding hydrogens is 184 g/mol. The summed E-state index contributed by atoms with van der Waals surface area (Å²) in [6.07, 6.45) is 0.422. The zero-order valence-electron chi connectivity index (χ0n) is 8.32. The quantitative estimate of drug-likeness (QED) is 0.799. The van der Waals surface area contributed by atoms with Gasteiger partial charge in [-0.1, -0.05) is 0 Å². The molecule has 74 valence electrons. The fourth-order valence-electron chi connectivity index (χ4n) is 1.14. The molecule has 1 N–H and O–H groups in total. The van der Waals surface area contributed by atoms with E-state index in [1.165, 1.54) is 11.3 Å². The van der Waals surface area contributed by atoms with Crippen LogP contribution in [0.1, 0.15) is 23.1 Å². The van der Waals surface area contributed by atoms with Gasteiger partial charge in [-0.05, 0) is 27.4 Å². The first kappa shape index (κ1) is 10.6. The van der Waals surface area contributed by atoms with Crippen molar-refractivity contribution in [3.05, 3.63) is 16.1 Å². The molecule has 0 aliphatic carbocycles. The zero-order valence-corrected chi connectivity index (χ0v) is 9.14. The number of aliphatic hydroxyl groups excluding tert-OH is 1. The van der Waals surface area contributed by atoms with Crippen LogP contribution in [-0.2, 0) is 0 Å². The summed E-state index contributed by atoms with van der Waals surface area (Å²) in [5.41, 5.74) is 2.74. The number of aryl methyl sites for hydroxylation is 1. The SMILES string of the molecule is Cc1ncsc1C(O)CCN(C)C. The zero-order chi connectivity index (χ0) is 9.84. The van der Waals surface area contributed by atoms with Gasteiger partial charge >= 0.3 is 0 Å². The van der Waals surface area contributed by atoms with Gasteiger partial charge < -0.3 is 10.0 Å². The third-order valence-electron chi connectivity index (χ3n) is 1.94. The Kier molecular flexibility index (Phi) is 3.84. The largest absolute Gasteiger partial charge is 0.387 e. The molecular formula is C9H16N2OS. The number of hydrogen-bond donors (Lipinski definition) is 1.